The first-order valence-electron chi connectivity index (χ1n) is 11.4. The lowest BCUT2D eigenvalue weighted by atomic mass is 9.88. The van der Waals surface area contributed by atoms with Crippen molar-refractivity contribution in [2.24, 2.45) is 20.8 Å². The summed E-state index contributed by atoms with van der Waals surface area (Å²) in [5.74, 6) is 1.20. The van der Waals surface area contributed by atoms with E-state index in [0.29, 0.717) is 25.0 Å². The minimum absolute atomic E-state index is 0.0351. The summed E-state index contributed by atoms with van der Waals surface area (Å²) < 4.78 is 12.1. The van der Waals surface area contributed by atoms with Gasteiger partial charge in [-0.15, -0.1) is 0 Å². The summed E-state index contributed by atoms with van der Waals surface area (Å²) in [5, 5.41) is 0. The number of nitrogens with zero attached hydrogens (tertiary/aromatic N) is 3. The molecule has 170 valence electrons. The van der Waals surface area contributed by atoms with Gasteiger partial charge in [0.15, 0.2) is 0 Å². The number of aliphatic imine (C=N–C) groups is 2. The average molecular weight is 434 g/mol. The van der Waals surface area contributed by atoms with E-state index in [1.165, 1.54) is 16.7 Å². The van der Waals surface area contributed by atoms with Crippen LogP contribution in [-0.2, 0) is 9.47 Å². The highest BCUT2D eigenvalue weighted by molar-refractivity contribution is 5.99. The normalized spacial score (nSPS) is 21.1. The SMILES string of the molecule is Cc1cccc(C)c1-c1cc(C2=N[C@@H](C(C)(C)C)CO2)nc(C2=N[C@@H](C(C)(C)C)CO2)c1. The van der Waals surface area contributed by atoms with Crippen LogP contribution in [0.25, 0.3) is 11.1 Å². The molecule has 32 heavy (non-hydrogen) atoms. The molecule has 0 bridgehead atoms. The van der Waals surface area contributed by atoms with Gasteiger partial charge in [0.1, 0.15) is 24.6 Å². The summed E-state index contributed by atoms with van der Waals surface area (Å²) in [6.45, 7) is 18.6. The van der Waals surface area contributed by atoms with E-state index in [1.807, 2.05) is 0 Å². The van der Waals surface area contributed by atoms with E-state index in [-0.39, 0.29) is 22.9 Å². The Morgan fingerprint density at radius 1 is 0.750 bits per heavy atom. The van der Waals surface area contributed by atoms with Gasteiger partial charge in [-0.05, 0) is 59.1 Å². The van der Waals surface area contributed by atoms with Gasteiger partial charge in [-0.3, -0.25) is 0 Å². The third-order valence-corrected chi connectivity index (χ3v) is 6.33. The minimum atomic E-state index is 0.0351. The van der Waals surface area contributed by atoms with E-state index < -0.39 is 0 Å². The molecule has 1 aromatic carbocycles. The molecule has 2 aliphatic rings. The molecule has 2 aromatic rings. The number of ether oxygens (including phenoxy) is 2. The molecule has 0 N–H and O–H groups in total. The van der Waals surface area contributed by atoms with Crippen molar-refractivity contribution in [2.75, 3.05) is 13.2 Å². The first-order chi connectivity index (χ1) is 14.9. The maximum Gasteiger partial charge on any atom is 0.235 e. The lowest BCUT2D eigenvalue weighted by Gasteiger charge is -2.21. The Bertz CT molecular complexity index is 1010. The van der Waals surface area contributed by atoms with E-state index in [0.717, 1.165) is 17.0 Å². The zero-order valence-electron chi connectivity index (χ0n) is 20.6. The molecule has 4 rings (SSSR count). The summed E-state index contributed by atoms with van der Waals surface area (Å²) in [6, 6.07) is 10.8. The highest BCUT2D eigenvalue weighted by Crippen LogP contribution is 2.32. The molecular formula is C27H35N3O2. The number of benzene rings is 1. The van der Waals surface area contributed by atoms with E-state index in [9.17, 15) is 0 Å². The van der Waals surface area contributed by atoms with Crippen LogP contribution < -0.4 is 0 Å². The highest BCUT2D eigenvalue weighted by Gasteiger charge is 2.33. The molecule has 0 aliphatic carbocycles. The Morgan fingerprint density at radius 2 is 1.19 bits per heavy atom. The Kier molecular flexibility index (Phi) is 5.64. The van der Waals surface area contributed by atoms with Crippen LogP contribution >= 0.6 is 0 Å². The number of hydrogen-bond donors (Lipinski definition) is 0. The maximum atomic E-state index is 6.03. The largest absolute Gasteiger partial charge is 0.474 e. The third kappa shape index (κ3) is 4.43. The molecule has 0 spiro atoms. The zero-order valence-corrected chi connectivity index (χ0v) is 20.6. The second-order valence-corrected chi connectivity index (χ2v) is 11.1. The molecule has 0 fully saturated rings. The zero-order chi connectivity index (χ0) is 23.3. The minimum Gasteiger partial charge on any atom is -0.474 e. The van der Waals surface area contributed by atoms with Crippen LogP contribution in [0.15, 0.2) is 40.3 Å². The molecule has 0 saturated heterocycles. The van der Waals surface area contributed by atoms with Gasteiger partial charge in [-0.2, -0.15) is 0 Å². The first-order valence-corrected chi connectivity index (χ1v) is 11.4. The van der Waals surface area contributed by atoms with Crippen molar-refractivity contribution in [3.63, 3.8) is 0 Å². The standard InChI is InChI=1S/C27H35N3O2/c1-16-10-9-11-17(2)23(16)18-12-19(24-29-21(14-31-24)26(3,4)5)28-20(13-18)25-30-22(15-32-25)27(6,7)8/h9-13,21-22H,14-15H2,1-8H3/t21-,22-/m1/s1. The Labute approximate surface area is 192 Å². The molecule has 5 nitrogen and oxygen atoms in total. The fraction of sp³-hybridized carbons (Fsp3) is 0.519. The number of hydrogen-bond acceptors (Lipinski definition) is 5. The molecule has 0 saturated carbocycles. The number of pyridine rings is 1. The first kappa shape index (κ1) is 22.5. The van der Waals surface area contributed by atoms with Crippen LogP contribution in [0, 0.1) is 24.7 Å². The average Bonchev–Trinajstić information content (AvgIpc) is 3.37. The molecule has 0 radical (unpaired) electrons. The Balaban J connectivity index is 1.84. The van der Waals surface area contributed by atoms with Gasteiger partial charge in [0.2, 0.25) is 11.8 Å². The summed E-state index contributed by atoms with van der Waals surface area (Å²) in [7, 11) is 0. The maximum absolute atomic E-state index is 6.03. The lowest BCUT2D eigenvalue weighted by molar-refractivity contribution is 0.235. The third-order valence-electron chi connectivity index (χ3n) is 6.33. The fourth-order valence-corrected chi connectivity index (χ4v) is 4.08. The molecule has 2 aliphatic heterocycles. The number of rotatable bonds is 3. The summed E-state index contributed by atoms with van der Waals surface area (Å²) in [5.41, 5.74) is 6.26. The van der Waals surface area contributed by atoms with Gasteiger partial charge in [0, 0.05) is 0 Å². The summed E-state index contributed by atoms with van der Waals surface area (Å²) in [6.07, 6.45) is 0. The monoisotopic (exact) mass is 433 g/mol. The van der Waals surface area contributed by atoms with Gasteiger partial charge >= 0.3 is 0 Å². The van der Waals surface area contributed by atoms with E-state index in [4.69, 9.17) is 24.4 Å². The summed E-state index contributed by atoms with van der Waals surface area (Å²) in [4.78, 5) is 14.7. The number of aromatic nitrogens is 1. The van der Waals surface area contributed by atoms with Crippen molar-refractivity contribution < 1.29 is 9.47 Å². The topological polar surface area (TPSA) is 56.1 Å². The van der Waals surface area contributed by atoms with E-state index in [2.05, 4.69) is 85.7 Å². The Hall–Kier alpha value is -2.69. The van der Waals surface area contributed by atoms with Crippen LogP contribution in [0.3, 0.4) is 0 Å². The van der Waals surface area contributed by atoms with Crippen molar-refractivity contribution in [1.29, 1.82) is 0 Å². The molecule has 5 heteroatoms. The van der Waals surface area contributed by atoms with Gasteiger partial charge in [-0.1, -0.05) is 59.7 Å². The highest BCUT2D eigenvalue weighted by atomic mass is 16.5. The second kappa shape index (κ2) is 8.02. The van der Waals surface area contributed by atoms with Crippen LogP contribution in [0.2, 0.25) is 0 Å². The number of aryl methyl sites for hydroxylation is 2. The smallest absolute Gasteiger partial charge is 0.235 e. The second-order valence-electron chi connectivity index (χ2n) is 11.1. The molecule has 3 heterocycles. The van der Waals surface area contributed by atoms with Crippen molar-refractivity contribution in [1.82, 2.24) is 4.98 Å². The molecule has 2 atom stereocenters. The molecule has 0 amide bonds. The van der Waals surface area contributed by atoms with Crippen LogP contribution in [0.1, 0.15) is 64.1 Å². The van der Waals surface area contributed by atoms with Crippen molar-refractivity contribution in [3.8, 4) is 11.1 Å². The predicted molar refractivity (Wildman–Crippen MR) is 131 cm³/mol. The van der Waals surface area contributed by atoms with Gasteiger partial charge < -0.3 is 9.47 Å². The quantitative estimate of drug-likeness (QED) is 0.619. The van der Waals surface area contributed by atoms with Crippen molar-refractivity contribution in [2.45, 2.75) is 67.5 Å². The Morgan fingerprint density at radius 3 is 1.56 bits per heavy atom. The van der Waals surface area contributed by atoms with Gasteiger partial charge in [0.25, 0.3) is 0 Å². The molecule has 1 aromatic heterocycles. The lowest BCUT2D eigenvalue weighted by Crippen LogP contribution is -2.25. The van der Waals surface area contributed by atoms with Crippen molar-refractivity contribution in [3.05, 3.63) is 52.8 Å². The van der Waals surface area contributed by atoms with E-state index >= 15 is 0 Å². The van der Waals surface area contributed by atoms with Gasteiger partial charge in [-0.25, -0.2) is 15.0 Å². The fourth-order valence-electron chi connectivity index (χ4n) is 4.08. The summed E-state index contributed by atoms with van der Waals surface area (Å²) >= 11 is 0. The molecule has 0 unspecified atom stereocenters. The predicted octanol–water partition coefficient (Wildman–Crippen LogP) is 5.75. The van der Waals surface area contributed by atoms with Crippen LogP contribution in [-0.4, -0.2) is 42.1 Å². The molecular weight excluding hydrogens is 398 g/mol. The van der Waals surface area contributed by atoms with Crippen LogP contribution in [0.4, 0.5) is 0 Å². The van der Waals surface area contributed by atoms with E-state index in [1.54, 1.807) is 0 Å². The van der Waals surface area contributed by atoms with Crippen molar-refractivity contribution >= 4 is 11.8 Å². The van der Waals surface area contributed by atoms with Crippen LogP contribution in [0.5, 0.6) is 0 Å². The van der Waals surface area contributed by atoms with Gasteiger partial charge in [0.05, 0.1) is 12.1 Å².